The van der Waals surface area contributed by atoms with Gasteiger partial charge >= 0.3 is 0 Å². The van der Waals surface area contributed by atoms with E-state index in [1.165, 1.54) is 42.9 Å². The minimum atomic E-state index is -2.75. The van der Waals surface area contributed by atoms with Gasteiger partial charge in [0.2, 0.25) is 5.95 Å². The van der Waals surface area contributed by atoms with E-state index in [4.69, 9.17) is 36.5 Å². The normalized spacial score (nSPS) is 13.3. The van der Waals surface area contributed by atoms with Crippen molar-refractivity contribution in [2.24, 2.45) is 0 Å². The summed E-state index contributed by atoms with van der Waals surface area (Å²) in [4.78, 5) is 11.0. The molecule has 12 heteroatoms. The lowest BCUT2D eigenvalue weighted by atomic mass is 10.1. The Labute approximate surface area is 249 Å². The van der Waals surface area contributed by atoms with Crippen LogP contribution in [0, 0.1) is 23.4 Å². The van der Waals surface area contributed by atoms with Gasteiger partial charge in [0.1, 0.15) is 10.3 Å². The fourth-order valence-electron chi connectivity index (χ4n) is 3.58. The van der Waals surface area contributed by atoms with Crippen molar-refractivity contribution in [1.29, 1.82) is 0 Å². The van der Waals surface area contributed by atoms with Gasteiger partial charge in [-0.25, -0.2) is 28.1 Å². The van der Waals surface area contributed by atoms with Crippen molar-refractivity contribution in [2.75, 3.05) is 14.1 Å². The number of rotatable bonds is 2. The van der Waals surface area contributed by atoms with Crippen LogP contribution >= 0.6 is 23.2 Å². The van der Waals surface area contributed by atoms with Crippen LogP contribution < -0.4 is 9.47 Å². The summed E-state index contributed by atoms with van der Waals surface area (Å²) in [5.41, 5.74) is 0. The van der Waals surface area contributed by atoms with Crippen molar-refractivity contribution < 1.29 is 40.4 Å². The molecule has 0 unspecified atom stereocenters. The molecule has 0 bridgehead atoms. The molecule has 6 aromatic rings. The van der Waals surface area contributed by atoms with Gasteiger partial charge in [-0.3, -0.25) is 0 Å². The van der Waals surface area contributed by atoms with E-state index in [0.29, 0.717) is 26.9 Å². The minimum absolute atomic E-state index is 0.0251. The van der Waals surface area contributed by atoms with Crippen LogP contribution in [0.25, 0.3) is 32.3 Å². The molecule has 6 rings (SSSR count). The summed E-state index contributed by atoms with van der Waals surface area (Å²) in [5, 5.41) is 11.9. The number of hydrogen-bond acceptors (Lipinski definition) is 6. The molecule has 0 spiro atoms. The van der Waals surface area contributed by atoms with Gasteiger partial charge in [0, 0.05) is 34.7 Å². The highest BCUT2D eigenvalue weighted by molar-refractivity contribution is 6.34. The predicted molar refractivity (Wildman–Crippen MR) is 150 cm³/mol. The lowest BCUT2D eigenvalue weighted by Gasteiger charge is -2.04. The summed E-state index contributed by atoms with van der Waals surface area (Å²) >= 11 is 11.5. The van der Waals surface area contributed by atoms with Crippen LogP contribution in [0.3, 0.4) is 0 Å². The van der Waals surface area contributed by atoms with E-state index in [1.807, 2.05) is 0 Å². The number of aromatic nitrogens is 3. The molecule has 0 aliphatic rings. The summed E-state index contributed by atoms with van der Waals surface area (Å²) < 4.78 is 104. The standard InChI is InChI=1S/C10H7ClFNO.C10H7F2NO.C9H5ClFNO/c1-14-9-4-6-2-3-13-10(11)7(6)5-8(9)12;1-14-9-4-6-2-3-13-10(12)7(6)5-8(9)11;10-9-6-4-7(11)8(13)3-5(6)1-2-12-9/h2*2-5H,1H3;1-4,13H/i2*1D3;. The third-order valence-electron chi connectivity index (χ3n) is 5.54. The number of fused-ring (bicyclic) bond motifs is 3. The molecule has 0 aliphatic carbocycles. The van der Waals surface area contributed by atoms with Crippen LogP contribution in [0.15, 0.2) is 73.2 Å². The van der Waals surface area contributed by atoms with Crippen molar-refractivity contribution in [3.8, 4) is 17.2 Å². The first-order valence-electron chi connectivity index (χ1n) is 14.2. The van der Waals surface area contributed by atoms with Gasteiger partial charge in [-0.15, -0.1) is 0 Å². The number of pyridine rings is 3. The van der Waals surface area contributed by atoms with Gasteiger partial charge in [-0.2, -0.15) is 4.39 Å². The highest BCUT2D eigenvalue weighted by Gasteiger charge is 2.09. The Morgan fingerprint density at radius 1 is 0.634 bits per heavy atom. The Bertz CT molecular complexity index is 1990. The fourth-order valence-corrected chi connectivity index (χ4v) is 4.02. The summed E-state index contributed by atoms with van der Waals surface area (Å²) in [6.07, 6.45) is 4.15. The molecule has 3 aromatic heterocycles. The molecule has 0 atom stereocenters. The molecule has 0 fully saturated rings. The molecule has 0 amide bonds. The molecule has 0 radical (unpaired) electrons. The van der Waals surface area contributed by atoms with Crippen molar-refractivity contribution in [3.05, 3.63) is 107 Å². The maximum Gasteiger partial charge on any atom is 0.220 e. The van der Waals surface area contributed by atoms with Crippen LogP contribution in [0.1, 0.15) is 8.22 Å². The van der Waals surface area contributed by atoms with Crippen molar-refractivity contribution >= 4 is 55.5 Å². The molecule has 6 nitrogen and oxygen atoms in total. The third kappa shape index (κ3) is 6.67. The van der Waals surface area contributed by atoms with Crippen LogP contribution in [-0.2, 0) is 0 Å². The Hall–Kier alpha value is -4.41. The number of hydrogen-bond donors (Lipinski definition) is 1. The molecule has 0 aliphatic heterocycles. The number of nitrogens with zero attached hydrogens (tertiary/aromatic N) is 3. The second kappa shape index (κ2) is 12.8. The van der Waals surface area contributed by atoms with Gasteiger partial charge < -0.3 is 14.6 Å². The van der Waals surface area contributed by atoms with Crippen LogP contribution in [-0.4, -0.2) is 34.1 Å². The van der Waals surface area contributed by atoms with E-state index in [1.54, 1.807) is 12.1 Å². The Morgan fingerprint density at radius 2 is 1.07 bits per heavy atom. The molecule has 3 heterocycles. The summed E-state index contributed by atoms with van der Waals surface area (Å²) in [7, 11) is -5.44. The molecule has 1 N–H and O–H groups in total. The molecule has 0 saturated heterocycles. The van der Waals surface area contributed by atoms with E-state index >= 15 is 0 Å². The number of aromatic hydroxyl groups is 1. The zero-order valence-corrected chi connectivity index (χ0v) is 21.8. The van der Waals surface area contributed by atoms with Gasteiger partial charge in [0.25, 0.3) is 0 Å². The second-order valence-electron chi connectivity index (χ2n) is 8.04. The molecule has 41 heavy (non-hydrogen) atoms. The first-order chi connectivity index (χ1) is 21.9. The zero-order valence-electron chi connectivity index (χ0n) is 26.3. The summed E-state index contributed by atoms with van der Waals surface area (Å²) in [6, 6.07) is 11.5. The zero-order chi connectivity index (χ0) is 34.7. The minimum Gasteiger partial charge on any atom is -0.505 e. The SMILES string of the molecule is Oc1cc2ccnc(Cl)c2cc1F.[2H]C([2H])([2H])Oc1cc2ccnc(Cl)c2cc1F.[2H]C([2H])([2H])Oc1cc2ccnc(F)c2cc1F. The van der Waals surface area contributed by atoms with Crippen LogP contribution in [0.5, 0.6) is 17.2 Å². The predicted octanol–water partition coefficient (Wildman–Crippen LogP) is 8.29. The Morgan fingerprint density at radius 3 is 1.61 bits per heavy atom. The molecule has 3 aromatic carbocycles. The average Bonchev–Trinajstić information content (AvgIpc) is 2.96. The maximum absolute atomic E-state index is 13.6. The third-order valence-corrected chi connectivity index (χ3v) is 6.14. The summed E-state index contributed by atoms with van der Waals surface area (Å²) in [6.45, 7) is 0. The van der Waals surface area contributed by atoms with Crippen LogP contribution in [0.2, 0.25) is 10.3 Å². The lowest BCUT2D eigenvalue weighted by Crippen LogP contribution is -1.90. The largest absolute Gasteiger partial charge is 0.505 e. The second-order valence-corrected chi connectivity index (χ2v) is 8.76. The number of benzene rings is 3. The maximum atomic E-state index is 13.6. The monoisotopic (exact) mass is 609 g/mol. The number of phenols is 1. The lowest BCUT2D eigenvalue weighted by molar-refractivity contribution is 0.387. The molecule has 0 saturated carbocycles. The molecular formula is C29H19Cl2F4N3O3. The Balaban J connectivity index is 0.000000161. The van der Waals surface area contributed by atoms with E-state index in [9.17, 15) is 17.6 Å². The van der Waals surface area contributed by atoms with E-state index in [0.717, 1.165) is 18.2 Å². The summed E-state index contributed by atoms with van der Waals surface area (Å²) in [5.74, 6) is -4.40. The number of phenolic OH excluding ortho intramolecular Hbond substituents is 1. The quantitative estimate of drug-likeness (QED) is 0.157. The number of methoxy groups -OCH3 is 2. The van der Waals surface area contributed by atoms with Crippen molar-refractivity contribution in [2.45, 2.75) is 0 Å². The van der Waals surface area contributed by atoms with Crippen molar-refractivity contribution in [1.82, 2.24) is 15.0 Å². The highest BCUT2D eigenvalue weighted by Crippen LogP contribution is 2.29. The average molecular weight is 610 g/mol. The fraction of sp³-hybridized carbons (Fsp3) is 0.0690. The number of ether oxygens (including phenoxy) is 2. The number of halogens is 6. The van der Waals surface area contributed by atoms with Gasteiger partial charge in [-0.05, 0) is 70.8 Å². The Kier molecular flexibility index (Phi) is 6.98. The molecule has 210 valence electrons. The van der Waals surface area contributed by atoms with Gasteiger partial charge in [0.15, 0.2) is 34.7 Å². The first kappa shape index (κ1) is 22.3. The van der Waals surface area contributed by atoms with Crippen molar-refractivity contribution in [3.63, 3.8) is 0 Å². The smallest absolute Gasteiger partial charge is 0.220 e. The van der Waals surface area contributed by atoms with E-state index < -0.39 is 43.2 Å². The molecular weight excluding hydrogens is 585 g/mol. The van der Waals surface area contributed by atoms with Gasteiger partial charge in [0.05, 0.1) is 22.3 Å². The highest BCUT2D eigenvalue weighted by atomic mass is 35.5. The van der Waals surface area contributed by atoms with Gasteiger partial charge in [-0.1, -0.05) is 23.2 Å². The first-order valence-corrected chi connectivity index (χ1v) is 12.0. The van der Waals surface area contributed by atoms with E-state index in [-0.39, 0.29) is 27.2 Å². The van der Waals surface area contributed by atoms with E-state index in [2.05, 4.69) is 24.4 Å². The van der Waals surface area contributed by atoms with Crippen LogP contribution in [0.4, 0.5) is 17.6 Å². The topological polar surface area (TPSA) is 77.4 Å².